The molecule has 0 spiro atoms. The summed E-state index contributed by atoms with van der Waals surface area (Å²) < 4.78 is 5.27. The van der Waals surface area contributed by atoms with E-state index in [0.717, 1.165) is 5.56 Å². The zero-order valence-corrected chi connectivity index (χ0v) is 12.2. The Morgan fingerprint density at radius 1 is 1.29 bits per heavy atom. The second-order valence-corrected chi connectivity index (χ2v) is 4.81. The lowest BCUT2D eigenvalue weighted by atomic mass is 10.1. The average Bonchev–Trinajstić information content (AvgIpc) is 3.04. The summed E-state index contributed by atoms with van der Waals surface area (Å²) in [6, 6.07) is 12.8. The molecule has 0 saturated heterocycles. The molecule has 2 rings (SSSR count). The van der Waals surface area contributed by atoms with Gasteiger partial charge in [-0.05, 0) is 29.8 Å². The van der Waals surface area contributed by atoms with Gasteiger partial charge in [-0.1, -0.05) is 12.1 Å². The molecule has 108 valence electrons. The number of carbonyl (C=O) groups excluding carboxylic acids is 1. The van der Waals surface area contributed by atoms with Gasteiger partial charge in [0.1, 0.15) is 5.76 Å². The van der Waals surface area contributed by atoms with Crippen molar-refractivity contribution in [3.63, 3.8) is 0 Å². The van der Waals surface area contributed by atoms with Crippen molar-refractivity contribution >= 4 is 17.5 Å². The number of furan rings is 1. The van der Waals surface area contributed by atoms with E-state index in [1.165, 1.54) is 0 Å². The van der Waals surface area contributed by atoms with Crippen LogP contribution in [0.4, 0.5) is 0 Å². The smallest absolute Gasteiger partial charge is 0.254 e. The minimum Gasteiger partial charge on any atom is -0.467 e. The molecule has 0 aliphatic carbocycles. The van der Waals surface area contributed by atoms with Gasteiger partial charge in [0.05, 0.1) is 25.3 Å². The van der Waals surface area contributed by atoms with Crippen LogP contribution in [0.3, 0.4) is 0 Å². The van der Waals surface area contributed by atoms with E-state index in [1.54, 1.807) is 29.4 Å². The van der Waals surface area contributed by atoms with Crippen molar-refractivity contribution in [2.45, 2.75) is 18.8 Å². The molecule has 4 nitrogen and oxygen atoms in total. The van der Waals surface area contributed by atoms with E-state index in [9.17, 15) is 4.79 Å². The van der Waals surface area contributed by atoms with E-state index in [2.05, 4.69) is 6.07 Å². The summed E-state index contributed by atoms with van der Waals surface area (Å²) in [5, 5.41) is 8.74. The number of nitrogens with zero attached hydrogens (tertiary/aromatic N) is 2. The minimum atomic E-state index is -0.122. The zero-order valence-electron chi connectivity index (χ0n) is 11.5. The van der Waals surface area contributed by atoms with Crippen LogP contribution in [0.1, 0.15) is 28.1 Å². The molecule has 1 aromatic carbocycles. The van der Waals surface area contributed by atoms with Crippen molar-refractivity contribution in [3.05, 3.63) is 59.5 Å². The first-order valence-corrected chi connectivity index (χ1v) is 7.11. The van der Waals surface area contributed by atoms with Gasteiger partial charge in [-0.15, -0.1) is 11.6 Å². The first-order chi connectivity index (χ1) is 10.2. The molecule has 5 heteroatoms. The lowest BCUT2D eigenvalue weighted by Gasteiger charge is -2.20. The van der Waals surface area contributed by atoms with Crippen LogP contribution in [0.15, 0.2) is 47.1 Å². The second kappa shape index (κ2) is 7.51. The molecular weight excluding hydrogens is 288 g/mol. The number of alkyl halides is 1. The van der Waals surface area contributed by atoms with E-state index in [4.69, 9.17) is 21.3 Å². The van der Waals surface area contributed by atoms with Crippen LogP contribution in [0.25, 0.3) is 0 Å². The number of halogens is 1. The fourth-order valence-corrected chi connectivity index (χ4v) is 2.13. The Kier molecular flexibility index (Phi) is 5.42. The van der Waals surface area contributed by atoms with E-state index >= 15 is 0 Å². The number of hydrogen-bond acceptors (Lipinski definition) is 3. The van der Waals surface area contributed by atoms with Gasteiger partial charge in [-0.25, -0.2) is 0 Å². The van der Waals surface area contributed by atoms with E-state index in [1.807, 2.05) is 18.2 Å². The van der Waals surface area contributed by atoms with Crippen LogP contribution in [0.2, 0.25) is 0 Å². The summed E-state index contributed by atoms with van der Waals surface area (Å²) in [7, 11) is 0. The van der Waals surface area contributed by atoms with Gasteiger partial charge in [0.25, 0.3) is 5.91 Å². The van der Waals surface area contributed by atoms with Gasteiger partial charge in [-0.3, -0.25) is 4.79 Å². The highest BCUT2D eigenvalue weighted by Crippen LogP contribution is 2.13. The Hall–Kier alpha value is -2.25. The topological polar surface area (TPSA) is 57.2 Å². The largest absolute Gasteiger partial charge is 0.467 e. The highest BCUT2D eigenvalue weighted by atomic mass is 35.5. The van der Waals surface area contributed by atoms with Crippen molar-refractivity contribution in [1.82, 2.24) is 4.90 Å². The average molecular weight is 303 g/mol. The Morgan fingerprint density at radius 2 is 2.05 bits per heavy atom. The van der Waals surface area contributed by atoms with Crippen molar-refractivity contribution < 1.29 is 9.21 Å². The summed E-state index contributed by atoms with van der Waals surface area (Å²) in [6.07, 6.45) is 1.85. The standard InChI is InChI=1S/C16H15ClN2O2/c17-11-13-4-6-14(7-5-13)16(20)19(9-2-8-18)12-15-3-1-10-21-15/h1,3-7,10H,2,9,11-12H2. The Bertz CT molecular complexity index is 615. The summed E-state index contributed by atoms with van der Waals surface area (Å²) in [5.41, 5.74) is 1.54. The van der Waals surface area contributed by atoms with Crippen LogP contribution < -0.4 is 0 Å². The fourth-order valence-electron chi connectivity index (χ4n) is 1.95. The maximum Gasteiger partial charge on any atom is 0.254 e. The maximum atomic E-state index is 12.5. The highest BCUT2D eigenvalue weighted by Gasteiger charge is 2.17. The lowest BCUT2D eigenvalue weighted by Crippen LogP contribution is -2.31. The normalized spacial score (nSPS) is 10.1. The zero-order chi connectivity index (χ0) is 15.1. The summed E-state index contributed by atoms with van der Waals surface area (Å²) in [5.74, 6) is 0.986. The molecule has 0 N–H and O–H groups in total. The first kappa shape index (κ1) is 15.1. The molecule has 0 bridgehead atoms. The fraction of sp³-hybridized carbons (Fsp3) is 0.250. The van der Waals surface area contributed by atoms with Crippen LogP contribution in [-0.4, -0.2) is 17.4 Å². The van der Waals surface area contributed by atoms with Crippen LogP contribution >= 0.6 is 11.6 Å². The summed E-state index contributed by atoms with van der Waals surface area (Å²) in [4.78, 5) is 14.1. The number of carbonyl (C=O) groups is 1. The summed E-state index contributed by atoms with van der Waals surface area (Å²) in [6.45, 7) is 0.720. The van der Waals surface area contributed by atoms with E-state index in [-0.39, 0.29) is 12.3 Å². The molecule has 0 unspecified atom stereocenters. The third-order valence-electron chi connectivity index (χ3n) is 3.06. The van der Waals surface area contributed by atoms with Crippen molar-refractivity contribution in [3.8, 4) is 6.07 Å². The van der Waals surface area contributed by atoms with E-state index in [0.29, 0.717) is 30.3 Å². The Labute approximate surface area is 128 Å². The number of hydrogen-bond donors (Lipinski definition) is 0. The molecule has 1 amide bonds. The van der Waals surface area contributed by atoms with Gasteiger partial charge in [0.2, 0.25) is 0 Å². The SMILES string of the molecule is N#CCCN(Cc1ccco1)C(=O)c1ccc(CCl)cc1. The predicted molar refractivity (Wildman–Crippen MR) is 79.7 cm³/mol. The van der Waals surface area contributed by atoms with Gasteiger partial charge in [0, 0.05) is 18.0 Å². The third-order valence-corrected chi connectivity index (χ3v) is 3.37. The monoisotopic (exact) mass is 302 g/mol. The number of benzene rings is 1. The predicted octanol–water partition coefficient (Wildman–Crippen LogP) is 3.57. The molecule has 0 radical (unpaired) electrons. The van der Waals surface area contributed by atoms with E-state index < -0.39 is 0 Å². The molecule has 1 aromatic heterocycles. The summed E-state index contributed by atoms with van der Waals surface area (Å²) >= 11 is 5.74. The van der Waals surface area contributed by atoms with Crippen molar-refractivity contribution in [2.24, 2.45) is 0 Å². The number of amides is 1. The number of nitriles is 1. The second-order valence-electron chi connectivity index (χ2n) is 4.54. The Balaban J connectivity index is 2.14. The van der Waals surface area contributed by atoms with Gasteiger partial charge >= 0.3 is 0 Å². The molecule has 0 fully saturated rings. The van der Waals surface area contributed by atoms with Gasteiger partial charge in [-0.2, -0.15) is 5.26 Å². The van der Waals surface area contributed by atoms with Crippen LogP contribution in [0.5, 0.6) is 0 Å². The third kappa shape index (κ3) is 4.11. The molecule has 0 atom stereocenters. The van der Waals surface area contributed by atoms with Crippen molar-refractivity contribution in [1.29, 1.82) is 5.26 Å². The lowest BCUT2D eigenvalue weighted by molar-refractivity contribution is 0.0735. The van der Waals surface area contributed by atoms with Crippen molar-refractivity contribution in [2.75, 3.05) is 6.54 Å². The minimum absolute atomic E-state index is 0.122. The molecule has 0 saturated carbocycles. The van der Waals surface area contributed by atoms with Gasteiger partial charge in [0.15, 0.2) is 0 Å². The number of rotatable bonds is 6. The molecule has 21 heavy (non-hydrogen) atoms. The van der Waals surface area contributed by atoms with Crippen LogP contribution in [-0.2, 0) is 12.4 Å². The molecule has 2 aromatic rings. The van der Waals surface area contributed by atoms with Crippen LogP contribution in [0, 0.1) is 11.3 Å². The molecule has 1 heterocycles. The molecule has 0 aliphatic rings. The highest BCUT2D eigenvalue weighted by molar-refractivity contribution is 6.17. The Morgan fingerprint density at radius 3 is 2.62 bits per heavy atom. The molecular formula is C16H15ClN2O2. The maximum absolute atomic E-state index is 12.5. The van der Waals surface area contributed by atoms with Gasteiger partial charge < -0.3 is 9.32 Å². The molecule has 0 aliphatic heterocycles. The quantitative estimate of drug-likeness (QED) is 0.766. The first-order valence-electron chi connectivity index (χ1n) is 6.58.